The predicted molar refractivity (Wildman–Crippen MR) is 64.4 cm³/mol. The third-order valence-corrected chi connectivity index (χ3v) is 4.24. The second-order valence-electron chi connectivity index (χ2n) is 5.38. The first-order valence-corrected chi connectivity index (χ1v) is 6.91. The van der Waals surface area contributed by atoms with Crippen LogP contribution in [0.15, 0.2) is 0 Å². The molecule has 0 atom stereocenters. The Morgan fingerprint density at radius 2 is 0.933 bits per heavy atom. The van der Waals surface area contributed by atoms with Gasteiger partial charge in [0, 0.05) is 12.1 Å². The maximum absolute atomic E-state index is 6.33. The highest BCUT2D eigenvalue weighted by Crippen LogP contribution is 2.27. The van der Waals surface area contributed by atoms with Gasteiger partial charge in [0.05, 0.1) is 0 Å². The third kappa shape index (κ3) is 3.18. The van der Waals surface area contributed by atoms with Crippen LogP contribution in [0.4, 0.5) is 0 Å². The minimum atomic E-state index is 0.690. The van der Waals surface area contributed by atoms with E-state index in [1.807, 2.05) is 0 Å². The Morgan fingerprint density at radius 3 is 1.33 bits per heavy atom. The molecule has 2 fully saturated rings. The molecule has 2 rings (SSSR count). The summed E-state index contributed by atoms with van der Waals surface area (Å²) in [5.74, 6) is 6.33. The van der Waals surface area contributed by atoms with E-state index in [2.05, 4.69) is 5.01 Å². The van der Waals surface area contributed by atoms with Gasteiger partial charge in [-0.1, -0.05) is 44.9 Å². The Balaban J connectivity index is 1.83. The zero-order valence-electron chi connectivity index (χ0n) is 9.96. The van der Waals surface area contributed by atoms with Crippen LogP contribution in [0.2, 0.25) is 0 Å². The van der Waals surface area contributed by atoms with Crippen LogP contribution in [-0.4, -0.2) is 17.1 Å². The monoisotopic (exact) mass is 210 g/mol. The van der Waals surface area contributed by atoms with Gasteiger partial charge >= 0.3 is 0 Å². The quantitative estimate of drug-likeness (QED) is 0.431. The molecule has 2 N–H and O–H groups in total. The molecule has 2 nitrogen and oxygen atoms in total. The fraction of sp³-hybridized carbons (Fsp3) is 1.00. The van der Waals surface area contributed by atoms with E-state index in [0.29, 0.717) is 12.1 Å². The molecular formula is C13H26N2. The minimum absolute atomic E-state index is 0.690. The summed E-state index contributed by atoms with van der Waals surface area (Å²) in [6.45, 7) is 0. The Morgan fingerprint density at radius 1 is 0.600 bits per heavy atom. The van der Waals surface area contributed by atoms with Crippen LogP contribution in [0, 0.1) is 0 Å². The van der Waals surface area contributed by atoms with Gasteiger partial charge in [0.25, 0.3) is 0 Å². The van der Waals surface area contributed by atoms with Crippen molar-refractivity contribution in [2.75, 3.05) is 0 Å². The van der Waals surface area contributed by atoms with Crippen molar-refractivity contribution in [3.05, 3.63) is 0 Å². The van der Waals surface area contributed by atoms with Gasteiger partial charge in [0.1, 0.15) is 0 Å². The van der Waals surface area contributed by atoms with E-state index in [9.17, 15) is 0 Å². The summed E-state index contributed by atoms with van der Waals surface area (Å²) in [7, 11) is 0. The summed E-state index contributed by atoms with van der Waals surface area (Å²) in [6.07, 6.45) is 15.2. The lowest BCUT2D eigenvalue weighted by Gasteiger charge is -2.36. The lowest BCUT2D eigenvalue weighted by molar-refractivity contribution is 0.0946. The van der Waals surface area contributed by atoms with Crippen LogP contribution in [-0.2, 0) is 0 Å². The number of hydrogen-bond acceptors (Lipinski definition) is 2. The summed E-state index contributed by atoms with van der Waals surface area (Å²) in [6, 6.07) is 1.39. The lowest BCUT2D eigenvalue weighted by atomic mass is 9.93. The van der Waals surface area contributed by atoms with Crippen molar-refractivity contribution < 1.29 is 0 Å². The first-order valence-electron chi connectivity index (χ1n) is 6.91. The van der Waals surface area contributed by atoms with Gasteiger partial charge in [-0.3, -0.25) is 5.84 Å². The highest BCUT2D eigenvalue weighted by molar-refractivity contribution is 4.79. The van der Waals surface area contributed by atoms with Gasteiger partial charge < -0.3 is 0 Å². The van der Waals surface area contributed by atoms with Crippen LogP contribution in [0.3, 0.4) is 0 Å². The molecule has 0 aliphatic heterocycles. The maximum Gasteiger partial charge on any atom is 0.0244 e. The van der Waals surface area contributed by atoms with Crippen molar-refractivity contribution >= 4 is 0 Å². The van der Waals surface area contributed by atoms with E-state index in [4.69, 9.17) is 5.84 Å². The number of hydrazine groups is 1. The molecule has 0 aromatic rings. The molecule has 0 aromatic heterocycles. The molecule has 0 amide bonds. The average Bonchev–Trinajstić information content (AvgIpc) is 2.58. The van der Waals surface area contributed by atoms with Gasteiger partial charge in [0.2, 0.25) is 0 Å². The SMILES string of the molecule is NN(C1CCCCCC1)C1CCCCC1. The molecule has 88 valence electrons. The molecule has 0 radical (unpaired) electrons. The number of hydrogen-bond donors (Lipinski definition) is 1. The van der Waals surface area contributed by atoms with Crippen molar-refractivity contribution in [3.63, 3.8) is 0 Å². The van der Waals surface area contributed by atoms with Crippen molar-refractivity contribution in [2.45, 2.75) is 82.7 Å². The summed E-state index contributed by atoms with van der Waals surface area (Å²) in [5.41, 5.74) is 0. The molecule has 2 aliphatic rings. The van der Waals surface area contributed by atoms with Gasteiger partial charge in [-0.2, -0.15) is 0 Å². The second kappa shape index (κ2) is 5.86. The molecule has 2 heteroatoms. The van der Waals surface area contributed by atoms with Crippen molar-refractivity contribution in [1.29, 1.82) is 0 Å². The smallest absolute Gasteiger partial charge is 0.0244 e. The summed E-state index contributed by atoms with van der Waals surface area (Å²) in [5, 5.41) is 2.24. The van der Waals surface area contributed by atoms with Gasteiger partial charge in [-0.05, 0) is 25.7 Å². The van der Waals surface area contributed by atoms with E-state index in [-0.39, 0.29) is 0 Å². The van der Waals surface area contributed by atoms with Crippen LogP contribution in [0.25, 0.3) is 0 Å². The molecule has 0 unspecified atom stereocenters. The van der Waals surface area contributed by atoms with E-state index < -0.39 is 0 Å². The first kappa shape index (κ1) is 11.4. The molecule has 0 spiro atoms. The summed E-state index contributed by atoms with van der Waals surface area (Å²) >= 11 is 0. The number of rotatable bonds is 2. The lowest BCUT2D eigenvalue weighted by Crippen LogP contribution is -2.48. The van der Waals surface area contributed by atoms with Crippen molar-refractivity contribution in [1.82, 2.24) is 5.01 Å². The standard InChI is InChI=1S/C13H26N2/c14-15(13-10-6-3-7-11-13)12-8-4-1-2-5-9-12/h12-13H,1-11,14H2. The second-order valence-corrected chi connectivity index (χ2v) is 5.38. The minimum Gasteiger partial charge on any atom is -0.268 e. The van der Waals surface area contributed by atoms with E-state index in [1.54, 1.807) is 0 Å². The Kier molecular flexibility index (Phi) is 4.45. The zero-order valence-corrected chi connectivity index (χ0v) is 9.96. The van der Waals surface area contributed by atoms with Crippen LogP contribution in [0.1, 0.15) is 70.6 Å². The topological polar surface area (TPSA) is 29.3 Å². The highest BCUT2D eigenvalue weighted by Gasteiger charge is 2.25. The zero-order chi connectivity index (χ0) is 10.5. The Hall–Kier alpha value is -0.0800. The molecule has 0 bridgehead atoms. The summed E-state index contributed by atoms with van der Waals surface area (Å²) in [4.78, 5) is 0. The van der Waals surface area contributed by atoms with Crippen LogP contribution < -0.4 is 5.84 Å². The van der Waals surface area contributed by atoms with Crippen molar-refractivity contribution in [2.24, 2.45) is 5.84 Å². The van der Waals surface area contributed by atoms with Gasteiger partial charge in [-0.15, -0.1) is 0 Å². The third-order valence-electron chi connectivity index (χ3n) is 4.24. The number of nitrogens with zero attached hydrogens (tertiary/aromatic N) is 1. The predicted octanol–water partition coefficient (Wildman–Crippen LogP) is 3.22. The normalized spacial score (nSPS) is 26.8. The van der Waals surface area contributed by atoms with Crippen molar-refractivity contribution in [3.8, 4) is 0 Å². The molecule has 0 saturated heterocycles. The molecule has 0 aromatic carbocycles. The molecule has 2 aliphatic carbocycles. The number of nitrogens with two attached hydrogens (primary N) is 1. The fourth-order valence-electron chi connectivity index (χ4n) is 3.23. The molecule has 0 heterocycles. The first-order chi connectivity index (χ1) is 7.38. The van der Waals surface area contributed by atoms with Crippen LogP contribution >= 0.6 is 0 Å². The van der Waals surface area contributed by atoms with Gasteiger partial charge in [-0.25, -0.2) is 5.01 Å². The molecular weight excluding hydrogens is 184 g/mol. The Labute approximate surface area is 94.2 Å². The molecule has 15 heavy (non-hydrogen) atoms. The van der Waals surface area contributed by atoms with Crippen LogP contribution in [0.5, 0.6) is 0 Å². The Bertz CT molecular complexity index is 167. The van der Waals surface area contributed by atoms with E-state index in [0.717, 1.165) is 0 Å². The highest BCUT2D eigenvalue weighted by atomic mass is 15.4. The van der Waals surface area contributed by atoms with E-state index >= 15 is 0 Å². The molecule has 2 saturated carbocycles. The fourth-order valence-corrected chi connectivity index (χ4v) is 3.23. The maximum atomic E-state index is 6.33. The van der Waals surface area contributed by atoms with E-state index in [1.165, 1.54) is 70.6 Å². The largest absolute Gasteiger partial charge is 0.268 e. The van der Waals surface area contributed by atoms with Gasteiger partial charge in [0.15, 0.2) is 0 Å². The average molecular weight is 210 g/mol. The summed E-state index contributed by atoms with van der Waals surface area (Å²) < 4.78 is 0.